The third-order valence-corrected chi connectivity index (χ3v) is 6.86. The van der Waals surface area contributed by atoms with Crippen LogP contribution < -0.4 is 15.2 Å². The quantitative estimate of drug-likeness (QED) is 0.328. The van der Waals surface area contributed by atoms with Crippen LogP contribution in [0.25, 0.3) is 22.3 Å². The number of alkyl halides is 3. The van der Waals surface area contributed by atoms with E-state index in [4.69, 9.17) is 9.47 Å². The number of halogens is 3. The van der Waals surface area contributed by atoms with Gasteiger partial charge in [-0.05, 0) is 36.8 Å². The molecule has 0 aliphatic rings. The fraction of sp³-hybridized carbons (Fsp3) is 0.320. The largest absolute Gasteiger partial charge is 0.491 e. The smallest absolute Gasteiger partial charge is 0.417 e. The summed E-state index contributed by atoms with van der Waals surface area (Å²) in [5.74, 6) is -0.0413. The first kappa shape index (κ1) is 27.2. The van der Waals surface area contributed by atoms with E-state index in [1.54, 1.807) is 13.0 Å². The number of ether oxygens (including phenoxy) is 2. The minimum Gasteiger partial charge on any atom is -0.491 e. The number of imidazole rings is 1. The van der Waals surface area contributed by atoms with Crippen LogP contribution in [0.2, 0.25) is 0 Å². The number of rotatable bonds is 8. The molecule has 1 aromatic carbocycles. The molecule has 4 rings (SSSR count). The molecule has 38 heavy (non-hydrogen) atoms. The van der Waals surface area contributed by atoms with Gasteiger partial charge in [0.25, 0.3) is 5.88 Å². The molecule has 3 aromatic heterocycles. The summed E-state index contributed by atoms with van der Waals surface area (Å²) in [6, 6.07) is 8.46. The Labute approximate surface area is 216 Å². The molecule has 0 saturated heterocycles. The Morgan fingerprint density at radius 2 is 1.84 bits per heavy atom. The number of hydrogen-bond donors (Lipinski definition) is 0. The number of aromatic nitrogens is 4. The first-order chi connectivity index (χ1) is 17.9. The number of aryl methyl sites for hydroxylation is 1. The van der Waals surface area contributed by atoms with Crippen LogP contribution in [0.1, 0.15) is 24.2 Å². The van der Waals surface area contributed by atoms with Crippen LogP contribution in [0.3, 0.4) is 0 Å². The number of pyridine rings is 2. The lowest BCUT2D eigenvalue weighted by atomic mass is 10.0. The zero-order valence-corrected chi connectivity index (χ0v) is 21.8. The van der Waals surface area contributed by atoms with Crippen LogP contribution in [0, 0.1) is 0 Å². The predicted molar refractivity (Wildman–Crippen MR) is 135 cm³/mol. The highest BCUT2D eigenvalue weighted by molar-refractivity contribution is 7.90. The van der Waals surface area contributed by atoms with Crippen molar-refractivity contribution in [1.82, 2.24) is 19.1 Å². The number of nitrogens with zero attached hydrogens (tertiary/aromatic N) is 4. The molecule has 1 atom stereocenters. The summed E-state index contributed by atoms with van der Waals surface area (Å²) in [5, 5.41) is 0. The standard InChI is InChI=1S/C25H25F3N4O5S/c1-5-37-23-21(36-3)11-10-18(30-23)20(14-38(4,34)35)32-22-19(31(2)24(32)33)12-15(13-29-22)16-8-6-7-9-17(16)25(26,27)28/h6-13,20H,5,14H2,1-4H3/t20-/m1/s1. The molecule has 0 spiro atoms. The SMILES string of the molecule is CCOc1nc([C@@H](CS(C)(=O)=O)n2c(=O)n(C)c3cc(-c4ccccc4C(F)(F)F)cnc32)ccc1OC. The van der Waals surface area contributed by atoms with Gasteiger partial charge in [0, 0.05) is 25.1 Å². The zero-order chi connectivity index (χ0) is 27.8. The molecule has 0 aliphatic heterocycles. The molecule has 0 saturated carbocycles. The molecule has 0 fully saturated rings. The molecule has 9 nitrogen and oxygen atoms in total. The van der Waals surface area contributed by atoms with E-state index in [1.807, 2.05) is 0 Å². The molecular formula is C25H25F3N4O5S. The van der Waals surface area contributed by atoms with Gasteiger partial charge in [0.15, 0.2) is 11.4 Å². The third-order valence-electron chi connectivity index (χ3n) is 5.93. The highest BCUT2D eigenvalue weighted by atomic mass is 32.2. The highest BCUT2D eigenvalue weighted by Gasteiger charge is 2.34. The number of hydrogen-bond acceptors (Lipinski definition) is 7. The summed E-state index contributed by atoms with van der Waals surface area (Å²) in [7, 11) is -0.775. The van der Waals surface area contributed by atoms with Crippen molar-refractivity contribution in [3.8, 4) is 22.8 Å². The van der Waals surface area contributed by atoms with Gasteiger partial charge in [0.1, 0.15) is 9.84 Å². The van der Waals surface area contributed by atoms with E-state index in [-0.39, 0.29) is 40.5 Å². The summed E-state index contributed by atoms with van der Waals surface area (Å²) in [6.45, 7) is 2.01. The second kappa shape index (κ2) is 10.1. The van der Waals surface area contributed by atoms with Crippen molar-refractivity contribution in [3.05, 3.63) is 70.4 Å². The molecular weight excluding hydrogens is 525 g/mol. The Kier molecular flexibility index (Phi) is 7.24. The molecule has 0 unspecified atom stereocenters. The molecule has 4 aromatic rings. The predicted octanol–water partition coefficient (Wildman–Crippen LogP) is 3.86. The number of fused-ring (bicyclic) bond motifs is 1. The lowest BCUT2D eigenvalue weighted by molar-refractivity contribution is -0.137. The topological polar surface area (TPSA) is 105 Å². The van der Waals surface area contributed by atoms with Gasteiger partial charge in [0.05, 0.1) is 42.3 Å². The fourth-order valence-electron chi connectivity index (χ4n) is 4.25. The Balaban J connectivity index is 1.94. The Morgan fingerprint density at radius 1 is 1.13 bits per heavy atom. The van der Waals surface area contributed by atoms with E-state index >= 15 is 0 Å². The van der Waals surface area contributed by atoms with Crippen molar-refractivity contribution in [2.75, 3.05) is 25.7 Å². The molecule has 0 bridgehead atoms. The highest BCUT2D eigenvalue weighted by Crippen LogP contribution is 2.37. The van der Waals surface area contributed by atoms with Gasteiger partial charge in [-0.2, -0.15) is 13.2 Å². The molecule has 13 heteroatoms. The van der Waals surface area contributed by atoms with Crippen molar-refractivity contribution in [3.63, 3.8) is 0 Å². The summed E-state index contributed by atoms with van der Waals surface area (Å²) in [6.07, 6.45) is -2.33. The van der Waals surface area contributed by atoms with Gasteiger partial charge >= 0.3 is 11.9 Å². The van der Waals surface area contributed by atoms with Gasteiger partial charge in [-0.15, -0.1) is 0 Å². The first-order valence-electron chi connectivity index (χ1n) is 11.4. The maximum absolute atomic E-state index is 13.6. The van der Waals surface area contributed by atoms with Crippen LogP contribution in [-0.4, -0.2) is 53.2 Å². The molecule has 202 valence electrons. The minimum absolute atomic E-state index is 0.0926. The van der Waals surface area contributed by atoms with Crippen molar-refractivity contribution < 1.29 is 31.1 Å². The molecule has 3 heterocycles. The monoisotopic (exact) mass is 550 g/mol. The molecule has 0 aliphatic carbocycles. The maximum Gasteiger partial charge on any atom is 0.417 e. The number of methoxy groups -OCH3 is 1. The number of sulfone groups is 1. The number of benzene rings is 1. The summed E-state index contributed by atoms with van der Waals surface area (Å²) < 4.78 is 78.9. The minimum atomic E-state index is -4.59. The second-order valence-corrected chi connectivity index (χ2v) is 10.8. The van der Waals surface area contributed by atoms with E-state index in [2.05, 4.69) is 9.97 Å². The van der Waals surface area contributed by atoms with Crippen LogP contribution in [0.5, 0.6) is 11.6 Å². The van der Waals surface area contributed by atoms with E-state index in [1.165, 1.54) is 59.8 Å². The van der Waals surface area contributed by atoms with Crippen LogP contribution in [0.15, 0.2) is 53.5 Å². The first-order valence-corrected chi connectivity index (χ1v) is 13.5. The van der Waals surface area contributed by atoms with Crippen LogP contribution in [0.4, 0.5) is 13.2 Å². The molecule has 0 radical (unpaired) electrons. The third kappa shape index (κ3) is 5.23. The summed E-state index contributed by atoms with van der Waals surface area (Å²) >= 11 is 0. The van der Waals surface area contributed by atoms with Gasteiger partial charge in [-0.3, -0.25) is 9.13 Å². The van der Waals surface area contributed by atoms with Crippen molar-refractivity contribution in [2.24, 2.45) is 7.05 Å². The van der Waals surface area contributed by atoms with Gasteiger partial charge < -0.3 is 9.47 Å². The lowest BCUT2D eigenvalue weighted by Gasteiger charge is -2.19. The summed E-state index contributed by atoms with van der Waals surface area (Å²) in [5.41, 5.74) is -0.872. The van der Waals surface area contributed by atoms with E-state index in [0.29, 0.717) is 5.75 Å². The fourth-order valence-corrected chi connectivity index (χ4v) is 5.14. The average Bonchev–Trinajstić information content (AvgIpc) is 3.11. The lowest BCUT2D eigenvalue weighted by Crippen LogP contribution is -2.31. The molecule has 0 amide bonds. The van der Waals surface area contributed by atoms with E-state index < -0.39 is 39.1 Å². The maximum atomic E-state index is 13.6. The summed E-state index contributed by atoms with van der Waals surface area (Å²) in [4.78, 5) is 22.2. The van der Waals surface area contributed by atoms with Gasteiger partial charge in [-0.1, -0.05) is 18.2 Å². The Hall–Kier alpha value is -3.87. The second-order valence-electron chi connectivity index (χ2n) is 8.61. The van der Waals surface area contributed by atoms with Crippen LogP contribution >= 0.6 is 0 Å². The van der Waals surface area contributed by atoms with E-state index in [0.717, 1.165) is 12.3 Å². The van der Waals surface area contributed by atoms with Crippen molar-refractivity contribution >= 4 is 21.0 Å². The van der Waals surface area contributed by atoms with E-state index in [9.17, 15) is 26.4 Å². The van der Waals surface area contributed by atoms with Crippen molar-refractivity contribution in [2.45, 2.75) is 19.1 Å². The van der Waals surface area contributed by atoms with Gasteiger partial charge in [-0.25, -0.2) is 23.2 Å². The molecule has 0 N–H and O–H groups in total. The Bertz CT molecular complexity index is 1660. The van der Waals surface area contributed by atoms with Crippen molar-refractivity contribution in [1.29, 1.82) is 0 Å². The van der Waals surface area contributed by atoms with Crippen LogP contribution in [-0.2, 0) is 23.1 Å². The average molecular weight is 551 g/mol. The van der Waals surface area contributed by atoms with Gasteiger partial charge in [0.2, 0.25) is 0 Å². The zero-order valence-electron chi connectivity index (χ0n) is 21.0. The Morgan fingerprint density at radius 3 is 2.47 bits per heavy atom. The normalized spacial score (nSPS) is 13.0.